The van der Waals surface area contributed by atoms with Crippen molar-refractivity contribution in [3.05, 3.63) is 87.9 Å². The molecule has 3 rings (SSSR count). The lowest BCUT2D eigenvalue weighted by Crippen LogP contribution is -2.38. The van der Waals surface area contributed by atoms with E-state index in [2.05, 4.69) is 5.32 Å². The highest BCUT2D eigenvalue weighted by Gasteiger charge is 2.27. The second kappa shape index (κ2) is 9.08. The van der Waals surface area contributed by atoms with E-state index >= 15 is 0 Å². The molecule has 0 radical (unpaired) electrons. The van der Waals surface area contributed by atoms with E-state index in [1.807, 2.05) is 13.8 Å². The van der Waals surface area contributed by atoms with Crippen molar-refractivity contribution in [2.45, 2.75) is 18.7 Å². The third-order valence-corrected chi connectivity index (χ3v) is 6.76. The van der Waals surface area contributed by atoms with Gasteiger partial charge in [0, 0.05) is 15.7 Å². The molecular formula is C22H20Cl2N2O3S. The summed E-state index contributed by atoms with van der Waals surface area (Å²) in [7, 11) is -4.00. The summed E-state index contributed by atoms with van der Waals surface area (Å²) in [5.74, 6) is -0.488. The van der Waals surface area contributed by atoms with Crippen LogP contribution in [0.5, 0.6) is 0 Å². The summed E-state index contributed by atoms with van der Waals surface area (Å²) in [5.41, 5.74) is 2.70. The van der Waals surface area contributed by atoms with Crippen molar-refractivity contribution in [1.82, 2.24) is 0 Å². The molecule has 0 aliphatic heterocycles. The first-order valence-corrected chi connectivity index (χ1v) is 11.3. The number of aryl methyl sites for hydroxylation is 2. The maximum absolute atomic E-state index is 13.3. The fraction of sp³-hybridized carbons (Fsp3) is 0.136. The van der Waals surface area contributed by atoms with Gasteiger partial charge in [-0.1, -0.05) is 47.0 Å². The third-order valence-electron chi connectivity index (χ3n) is 4.48. The van der Waals surface area contributed by atoms with Gasteiger partial charge >= 0.3 is 0 Å². The monoisotopic (exact) mass is 462 g/mol. The number of benzene rings is 3. The van der Waals surface area contributed by atoms with E-state index in [1.165, 1.54) is 24.3 Å². The summed E-state index contributed by atoms with van der Waals surface area (Å²) in [5, 5.41) is 3.64. The Hall–Kier alpha value is -2.54. The van der Waals surface area contributed by atoms with Crippen LogP contribution in [0, 0.1) is 13.8 Å². The normalized spacial score (nSPS) is 11.2. The summed E-state index contributed by atoms with van der Waals surface area (Å²) in [6.07, 6.45) is 0. The van der Waals surface area contributed by atoms with Crippen LogP contribution in [0.25, 0.3) is 0 Å². The molecule has 0 aliphatic carbocycles. The van der Waals surface area contributed by atoms with Gasteiger partial charge in [0.15, 0.2) is 0 Å². The maximum atomic E-state index is 13.3. The average Bonchev–Trinajstić information content (AvgIpc) is 2.70. The molecule has 0 spiro atoms. The van der Waals surface area contributed by atoms with Crippen molar-refractivity contribution >= 4 is 50.5 Å². The van der Waals surface area contributed by atoms with Crippen LogP contribution < -0.4 is 9.62 Å². The number of carbonyl (C=O) groups is 1. The molecule has 0 aliphatic rings. The standard InChI is InChI=1S/C22H20Cl2N2O3S/c1-15-3-9-19(10-4-15)26(30(28,29)20-11-7-17(23)8-12-20)14-22(27)25-21-13-18(24)6-5-16(21)2/h3-13H,14H2,1-2H3,(H,25,27). The molecule has 1 N–H and O–H groups in total. The van der Waals surface area contributed by atoms with Crippen molar-refractivity contribution in [2.75, 3.05) is 16.2 Å². The summed E-state index contributed by atoms with van der Waals surface area (Å²) in [4.78, 5) is 12.8. The van der Waals surface area contributed by atoms with Crippen LogP contribution in [-0.4, -0.2) is 20.9 Å². The van der Waals surface area contributed by atoms with E-state index in [0.717, 1.165) is 15.4 Å². The summed E-state index contributed by atoms with van der Waals surface area (Å²) < 4.78 is 27.7. The first-order valence-electron chi connectivity index (χ1n) is 9.08. The number of nitrogens with zero attached hydrogens (tertiary/aromatic N) is 1. The number of sulfonamides is 1. The first kappa shape index (κ1) is 22.2. The number of halogens is 2. The van der Waals surface area contributed by atoms with Gasteiger partial charge in [-0.05, 0) is 67.9 Å². The number of nitrogens with one attached hydrogen (secondary N) is 1. The number of amides is 1. The minimum Gasteiger partial charge on any atom is -0.324 e. The third kappa shape index (κ3) is 5.14. The van der Waals surface area contributed by atoms with E-state index in [1.54, 1.807) is 42.5 Å². The molecule has 0 fully saturated rings. The van der Waals surface area contributed by atoms with Gasteiger partial charge in [0.05, 0.1) is 10.6 Å². The lowest BCUT2D eigenvalue weighted by Gasteiger charge is -2.24. The van der Waals surface area contributed by atoms with Gasteiger partial charge in [0.2, 0.25) is 5.91 Å². The molecule has 0 atom stereocenters. The minimum absolute atomic E-state index is 0.0409. The Bertz CT molecular complexity index is 1160. The molecule has 5 nitrogen and oxygen atoms in total. The van der Waals surface area contributed by atoms with Crippen molar-refractivity contribution < 1.29 is 13.2 Å². The molecule has 3 aromatic carbocycles. The van der Waals surface area contributed by atoms with Crippen LogP contribution in [0.4, 0.5) is 11.4 Å². The zero-order chi connectivity index (χ0) is 21.9. The molecule has 30 heavy (non-hydrogen) atoms. The zero-order valence-electron chi connectivity index (χ0n) is 16.4. The number of hydrogen-bond donors (Lipinski definition) is 1. The Kier molecular flexibility index (Phi) is 6.71. The van der Waals surface area contributed by atoms with Crippen LogP contribution in [0.2, 0.25) is 10.0 Å². The van der Waals surface area contributed by atoms with Crippen LogP contribution in [0.15, 0.2) is 71.6 Å². The van der Waals surface area contributed by atoms with E-state index in [0.29, 0.717) is 21.4 Å². The quantitative estimate of drug-likeness (QED) is 0.529. The van der Waals surface area contributed by atoms with Crippen LogP contribution in [0.3, 0.4) is 0 Å². The summed E-state index contributed by atoms with van der Waals surface area (Å²) in [6.45, 7) is 3.32. The first-order chi connectivity index (χ1) is 14.2. The van der Waals surface area contributed by atoms with Crippen molar-refractivity contribution in [3.8, 4) is 0 Å². The SMILES string of the molecule is Cc1ccc(N(CC(=O)Nc2cc(Cl)ccc2C)S(=O)(=O)c2ccc(Cl)cc2)cc1. The van der Waals surface area contributed by atoms with Gasteiger partial charge < -0.3 is 5.32 Å². The minimum atomic E-state index is -4.00. The van der Waals surface area contributed by atoms with Crippen LogP contribution in [-0.2, 0) is 14.8 Å². The molecule has 0 saturated heterocycles. The fourth-order valence-corrected chi connectivity index (χ4v) is 4.53. The van der Waals surface area contributed by atoms with Gasteiger partial charge in [-0.2, -0.15) is 0 Å². The number of anilines is 2. The highest BCUT2D eigenvalue weighted by Crippen LogP contribution is 2.26. The topological polar surface area (TPSA) is 66.5 Å². The van der Waals surface area contributed by atoms with Gasteiger partial charge in [0.25, 0.3) is 10.0 Å². The second-order valence-corrected chi connectivity index (χ2v) is 9.54. The average molecular weight is 463 g/mol. The lowest BCUT2D eigenvalue weighted by atomic mass is 10.2. The predicted molar refractivity (Wildman–Crippen MR) is 122 cm³/mol. The fourth-order valence-electron chi connectivity index (χ4n) is 2.81. The van der Waals surface area contributed by atoms with Gasteiger partial charge in [0.1, 0.15) is 6.54 Å². The summed E-state index contributed by atoms with van der Waals surface area (Å²) >= 11 is 11.9. The van der Waals surface area contributed by atoms with Gasteiger partial charge in [-0.15, -0.1) is 0 Å². The molecule has 1 amide bonds. The molecule has 3 aromatic rings. The Morgan fingerprint density at radius 1 is 0.900 bits per heavy atom. The Labute approximate surface area is 186 Å². The van der Waals surface area contributed by atoms with Crippen LogP contribution in [0.1, 0.15) is 11.1 Å². The van der Waals surface area contributed by atoms with Crippen LogP contribution >= 0.6 is 23.2 Å². The number of hydrogen-bond acceptors (Lipinski definition) is 3. The molecule has 0 aromatic heterocycles. The Balaban J connectivity index is 1.95. The lowest BCUT2D eigenvalue weighted by molar-refractivity contribution is -0.114. The zero-order valence-corrected chi connectivity index (χ0v) is 18.7. The highest BCUT2D eigenvalue weighted by molar-refractivity contribution is 7.92. The van der Waals surface area contributed by atoms with Crippen molar-refractivity contribution in [1.29, 1.82) is 0 Å². The van der Waals surface area contributed by atoms with E-state index in [4.69, 9.17) is 23.2 Å². The smallest absolute Gasteiger partial charge is 0.264 e. The molecule has 0 heterocycles. The molecule has 0 unspecified atom stereocenters. The second-order valence-electron chi connectivity index (χ2n) is 6.81. The molecule has 0 bridgehead atoms. The van der Waals surface area contributed by atoms with E-state index in [9.17, 15) is 13.2 Å². The van der Waals surface area contributed by atoms with Gasteiger partial charge in [-0.25, -0.2) is 8.42 Å². The van der Waals surface area contributed by atoms with Crippen molar-refractivity contribution in [2.24, 2.45) is 0 Å². The van der Waals surface area contributed by atoms with E-state index < -0.39 is 22.5 Å². The summed E-state index contributed by atoms with van der Waals surface area (Å²) in [6, 6.07) is 17.9. The molecular weight excluding hydrogens is 443 g/mol. The molecule has 0 saturated carbocycles. The Morgan fingerprint density at radius 3 is 2.13 bits per heavy atom. The highest BCUT2D eigenvalue weighted by atomic mass is 35.5. The Morgan fingerprint density at radius 2 is 1.50 bits per heavy atom. The largest absolute Gasteiger partial charge is 0.324 e. The maximum Gasteiger partial charge on any atom is 0.264 e. The van der Waals surface area contributed by atoms with Crippen molar-refractivity contribution in [3.63, 3.8) is 0 Å². The van der Waals surface area contributed by atoms with Gasteiger partial charge in [-0.3, -0.25) is 9.10 Å². The number of carbonyl (C=O) groups excluding carboxylic acids is 1. The predicted octanol–water partition coefficient (Wildman–Crippen LogP) is 5.44. The van der Waals surface area contributed by atoms with E-state index in [-0.39, 0.29) is 4.90 Å². The molecule has 156 valence electrons. The number of rotatable bonds is 6. The molecule has 8 heteroatoms.